The van der Waals surface area contributed by atoms with Crippen molar-refractivity contribution in [3.63, 3.8) is 0 Å². The Morgan fingerprint density at radius 1 is 1.23 bits per heavy atom. The number of ketones is 1. The van der Waals surface area contributed by atoms with Crippen molar-refractivity contribution in [3.8, 4) is 6.07 Å². The lowest BCUT2D eigenvalue weighted by Gasteiger charge is -2.07. The number of fused-ring (bicyclic) bond motifs is 1. The molecule has 0 aliphatic heterocycles. The Hall–Kier alpha value is -2.38. The number of benzene rings is 2. The van der Waals surface area contributed by atoms with Gasteiger partial charge in [0.25, 0.3) is 0 Å². The van der Waals surface area contributed by atoms with Crippen molar-refractivity contribution in [1.29, 1.82) is 5.26 Å². The molecule has 22 heavy (non-hydrogen) atoms. The van der Waals surface area contributed by atoms with Crippen LogP contribution in [0, 0.1) is 11.3 Å². The number of aryl methyl sites for hydroxylation is 1. The molecule has 0 saturated carbocycles. The molecule has 0 amide bonds. The summed E-state index contributed by atoms with van der Waals surface area (Å²) < 4.78 is 2.82. The van der Waals surface area contributed by atoms with Gasteiger partial charge in [0, 0.05) is 34.2 Å². The summed E-state index contributed by atoms with van der Waals surface area (Å²) in [5, 5.41) is 10.3. The van der Waals surface area contributed by atoms with Crippen molar-refractivity contribution < 1.29 is 4.79 Å². The minimum absolute atomic E-state index is 0.169. The Labute approximate surface area is 136 Å². The highest BCUT2D eigenvalue weighted by atomic mass is 79.9. The summed E-state index contributed by atoms with van der Waals surface area (Å²) in [5.41, 5.74) is 2.27. The van der Waals surface area contributed by atoms with Crippen LogP contribution in [0.1, 0.15) is 21.8 Å². The first-order chi connectivity index (χ1) is 10.6. The van der Waals surface area contributed by atoms with Gasteiger partial charge in [-0.1, -0.05) is 46.3 Å². The zero-order valence-electron chi connectivity index (χ0n) is 12.0. The van der Waals surface area contributed by atoms with Crippen molar-refractivity contribution >= 4 is 32.6 Å². The second-order valence-corrected chi connectivity index (χ2v) is 6.07. The summed E-state index contributed by atoms with van der Waals surface area (Å²) in [4.78, 5) is 12.9. The number of carbonyl (C=O) groups is 1. The SMILES string of the molecule is Cn1cc(C(=O)C(C#N)c2ccccc2)c2cc(Br)ccc21. The normalized spacial score (nSPS) is 12.0. The van der Waals surface area contributed by atoms with Crippen molar-refractivity contribution in [2.45, 2.75) is 5.92 Å². The Morgan fingerprint density at radius 3 is 2.64 bits per heavy atom. The van der Waals surface area contributed by atoms with Crippen molar-refractivity contribution in [2.75, 3.05) is 0 Å². The molecule has 0 fully saturated rings. The van der Waals surface area contributed by atoms with E-state index < -0.39 is 5.92 Å². The topological polar surface area (TPSA) is 45.8 Å². The zero-order chi connectivity index (χ0) is 15.7. The molecule has 0 N–H and O–H groups in total. The highest BCUT2D eigenvalue weighted by Gasteiger charge is 2.24. The van der Waals surface area contributed by atoms with E-state index in [-0.39, 0.29) is 5.78 Å². The van der Waals surface area contributed by atoms with Crippen LogP contribution >= 0.6 is 15.9 Å². The Morgan fingerprint density at radius 2 is 1.95 bits per heavy atom. The summed E-state index contributed by atoms with van der Waals surface area (Å²) >= 11 is 3.44. The van der Waals surface area contributed by atoms with Gasteiger partial charge in [-0.2, -0.15) is 5.26 Å². The molecule has 108 valence electrons. The fraction of sp³-hybridized carbons (Fsp3) is 0.111. The lowest BCUT2D eigenvalue weighted by molar-refractivity contribution is 0.0980. The number of aromatic nitrogens is 1. The number of halogens is 1. The predicted molar refractivity (Wildman–Crippen MR) is 89.7 cm³/mol. The van der Waals surface area contributed by atoms with Crippen molar-refractivity contribution in [3.05, 3.63) is 70.3 Å². The van der Waals surface area contributed by atoms with Gasteiger partial charge in [-0.25, -0.2) is 0 Å². The van der Waals surface area contributed by atoms with Gasteiger partial charge < -0.3 is 4.57 Å². The lowest BCUT2D eigenvalue weighted by atomic mass is 9.92. The van der Waals surface area contributed by atoms with Gasteiger partial charge in [-0.15, -0.1) is 0 Å². The first-order valence-corrected chi connectivity index (χ1v) is 7.64. The van der Waals surface area contributed by atoms with Crippen LogP contribution in [-0.4, -0.2) is 10.4 Å². The Balaban J connectivity index is 2.13. The molecule has 3 aromatic rings. The van der Waals surface area contributed by atoms with Crippen LogP contribution in [0.15, 0.2) is 59.2 Å². The summed E-state index contributed by atoms with van der Waals surface area (Å²) in [6.45, 7) is 0. The van der Waals surface area contributed by atoms with E-state index in [0.717, 1.165) is 20.9 Å². The number of Topliss-reactive ketones (excluding diaryl/α,β-unsaturated/α-hetero) is 1. The highest BCUT2D eigenvalue weighted by Crippen LogP contribution is 2.29. The molecule has 0 aliphatic carbocycles. The number of hydrogen-bond donors (Lipinski definition) is 0. The van der Waals surface area contributed by atoms with Crippen LogP contribution in [0.2, 0.25) is 0 Å². The Kier molecular flexibility index (Phi) is 3.82. The number of hydrogen-bond acceptors (Lipinski definition) is 2. The standard InChI is InChI=1S/C18H13BrN2O/c1-21-11-16(14-9-13(19)7-8-17(14)21)18(22)15(10-20)12-5-3-2-4-6-12/h2-9,11,15H,1H3. The smallest absolute Gasteiger partial charge is 0.186 e. The fourth-order valence-electron chi connectivity index (χ4n) is 2.65. The number of nitriles is 1. The molecule has 0 radical (unpaired) electrons. The molecule has 0 aliphatic rings. The zero-order valence-corrected chi connectivity index (χ0v) is 13.5. The van der Waals surface area contributed by atoms with E-state index in [0.29, 0.717) is 5.56 Å². The van der Waals surface area contributed by atoms with Gasteiger partial charge >= 0.3 is 0 Å². The number of nitrogens with zero attached hydrogens (tertiary/aromatic N) is 2. The molecular weight excluding hydrogens is 340 g/mol. The minimum Gasteiger partial charge on any atom is -0.350 e. The summed E-state index contributed by atoms with van der Waals surface area (Å²) in [7, 11) is 1.90. The van der Waals surface area contributed by atoms with Crippen LogP contribution in [0.25, 0.3) is 10.9 Å². The van der Waals surface area contributed by atoms with E-state index in [2.05, 4.69) is 22.0 Å². The maximum atomic E-state index is 12.9. The van der Waals surface area contributed by atoms with E-state index in [1.54, 1.807) is 6.20 Å². The van der Waals surface area contributed by atoms with Crippen molar-refractivity contribution in [2.24, 2.45) is 7.05 Å². The monoisotopic (exact) mass is 352 g/mol. The third-order valence-corrected chi connectivity index (χ3v) is 4.23. The fourth-order valence-corrected chi connectivity index (χ4v) is 3.01. The van der Waals surface area contributed by atoms with Crippen LogP contribution < -0.4 is 0 Å². The van der Waals surface area contributed by atoms with Gasteiger partial charge in [-0.3, -0.25) is 4.79 Å². The first-order valence-electron chi connectivity index (χ1n) is 6.85. The van der Waals surface area contributed by atoms with E-state index in [1.807, 2.05) is 60.1 Å². The molecular formula is C18H13BrN2O. The van der Waals surface area contributed by atoms with Crippen LogP contribution in [0.3, 0.4) is 0 Å². The molecule has 0 bridgehead atoms. The van der Waals surface area contributed by atoms with Gasteiger partial charge in [0.1, 0.15) is 5.92 Å². The average Bonchev–Trinajstić information content (AvgIpc) is 2.85. The van der Waals surface area contributed by atoms with Crippen LogP contribution in [0.4, 0.5) is 0 Å². The van der Waals surface area contributed by atoms with E-state index in [4.69, 9.17) is 0 Å². The maximum Gasteiger partial charge on any atom is 0.186 e. The lowest BCUT2D eigenvalue weighted by Crippen LogP contribution is -2.10. The summed E-state index contributed by atoms with van der Waals surface area (Å²) in [6, 6.07) is 17.1. The first kappa shape index (κ1) is 14.6. The van der Waals surface area contributed by atoms with Gasteiger partial charge in [0.05, 0.1) is 6.07 Å². The molecule has 1 unspecified atom stereocenters. The largest absolute Gasteiger partial charge is 0.350 e. The molecule has 1 aromatic heterocycles. The molecule has 1 heterocycles. The predicted octanol–water partition coefficient (Wildman–Crippen LogP) is 4.43. The molecule has 4 heteroatoms. The molecule has 0 saturated heterocycles. The van der Waals surface area contributed by atoms with Crippen LogP contribution in [-0.2, 0) is 7.05 Å². The van der Waals surface area contributed by atoms with Crippen LogP contribution in [0.5, 0.6) is 0 Å². The second-order valence-electron chi connectivity index (χ2n) is 5.15. The second kappa shape index (κ2) is 5.78. The third-order valence-electron chi connectivity index (χ3n) is 3.74. The van der Waals surface area contributed by atoms with E-state index in [1.165, 1.54) is 0 Å². The summed E-state index contributed by atoms with van der Waals surface area (Å²) in [5.74, 6) is -0.955. The molecule has 3 rings (SSSR count). The minimum atomic E-state index is -0.786. The number of rotatable bonds is 3. The molecule has 1 atom stereocenters. The average molecular weight is 353 g/mol. The van der Waals surface area contributed by atoms with E-state index >= 15 is 0 Å². The maximum absolute atomic E-state index is 12.9. The molecule has 2 aromatic carbocycles. The highest BCUT2D eigenvalue weighted by molar-refractivity contribution is 9.10. The molecule has 3 nitrogen and oxygen atoms in total. The van der Waals surface area contributed by atoms with Gasteiger partial charge in [0.15, 0.2) is 5.78 Å². The quantitative estimate of drug-likeness (QED) is 0.654. The van der Waals surface area contributed by atoms with Crippen molar-refractivity contribution in [1.82, 2.24) is 4.57 Å². The third kappa shape index (κ3) is 2.44. The van der Waals surface area contributed by atoms with Gasteiger partial charge in [0.2, 0.25) is 0 Å². The number of carbonyl (C=O) groups excluding carboxylic acids is 1. The van der Waals surface area contributed by atoms with E-state index in [9.17, 15) is 10.1 Å². The van der Waals surface area contributed by atoms with Gasteiger partial charge in [-0.05, 0) is 23.8 Å². The Bertz CT molecular complexity index is 891. The molecule has 0 spiro atoms. The summed E-state index contributed by atoms with van der Waals surface area (Å²) in [6.07, 6.45) is 1.80.